The predicted molar refractivity (Wildman–Crippen MR) is 79.1 cm³/mol. The van der Waals surface area contributed by atoms with Crippen molar-refractivity contribution in [2.75, 3.05) is 11.9 Å². The fourth-order valence-electron chi connectivity index (χ4n) is 3.17. The van der Waals surface area contributed by atoms with Gasteiger partial charge in [0, 0.05) is 12.7 Å². The number of likely N-dealkylation sites (N-methyl/N-ethyl adjacent to an activating group) is 1. The molecule has 1 fully saturated rings. The average molecular weight is 260 g/mol. The molecular weight excluding hydrogens is 236 g/mol. The van der Waals surface area contributed by atoms with E-state index < -0.39 is 5.54 Å². The monoisotopic (exact) mass is 260 g/mol. The molecule has 0 aromatic heterocycles. The quantitative estimate of drug-likeness (QED) is 0.888. The highest BCUT2D eigenvalue weighted by molar-refractivity contribution is 6.00. The van der Waals surface area contributed by atoms with Crippen LogP contribution >= 0.6 is 0 Å². The number of amides is 1. The van der Waals surface area contributed by atoms with Crippen molar-refractivity contribution in [2.24, 2.45) is 11.7 Å². The Morgan fingerprint density at radius 3 is 2.74 bits per heavy atom. The molecule has 19 heavy (non-hydrogen) atoms. The number of benzene rings is 1. The topological polar surface area (TPSA) is 46.3 Å². The molecule has 2 atom stereocenters. The van der Waals surface area contributed by atoms with Gasteiger partial charge in [0.05, 0.1) is 5.54 Å². The van der Waals surface area contributed by atoms with Gasteiger partial charge in [-0.1, -0.05) is 38.0 Å². The summed E-state index contributed by atoms with van der Waals surface area (Å²) in [6, 6.07) is 7.94. The van der Waals surface area contributed by atoms with E-state index in [1.807, 2.05) is 38.2 Å². The molecule has 1 aromatic carbocycles. The normalized spacial score (nSPS) is 27.1. The van der Waals surface area contributed by atoms with Crippen molar-refractivity contribution in [3.8, 4) is 0 Å². The van der Waals surface area contributed by atoms with Crippen LogP contribution in [0.5, 0.6) is 0 Å². The van der Waals surface area contributed by atoms with Crippen LogP contribution in [0.4, 0.5) is 5.69 Å². The van der Waals surface area contributed by atoms with Gasteiger partial charge in [-0.2, -0.15) is 0 Å². The summed E-state index contributed by atoms with van der Waals surface area (Å²) in [6.07, 6.45) is 3.82. The molecule has 2 rings (SSSR count). The van der Waals surface area contributed by atoms with Gasteiger partial charge >= 0.3 is 0 Å². The third-order valence-electron chi connectivity index (χ3n) is 4.24. The van der Waals surface area contributed by atoms with Crippen molar-refractivity contribution in [1.29, 1.82) is 0 Å². The van der Waals surface area contributed by atoms with Crippen LogP contribution < -0.4 is 10.6 Å². The van der Waals surface area contributed by atoms with E-state index in [9.17, 15) is 4.79 Å². The summed E-state index contributed by atoms with van der Waals surface area (Å²) in [5.41, 5.74) is 7.76. The van der Waals surface area contributed by atoms with Crippen molar-refractivity contribution in [3.05, 3.63) is 29.8 Å². The Hall–Kier alpha value is -1.35. The number of nitrogens with two attached hydrogens (primary N) is 1. The van der Waals surface area contributed by atoms with Crippen molar-refractivity contribution in [1.82, 2.24) is 0 Å². The Morgan fingerprint density at radius 2 is 2.11 bits per heavy atom. The average Bonchev–Trinajstić information content (AvgIpc) is 2.37. The summed E-state index contributed by atoms with van der Waals surface area (Å²) in [5, 5.41) is 0. The summed E-state index contributed by atoms with van der Waals surface area (Å²) in [7, 11) is 1.83. The van der Waals surface area contributed by atoms with Gasteiger partial charge in [-0.3, -0.25) is 4.79 Å². The third kappa shape index (κ3) is 2.81. The van der Waals surface area contributed by atoms with Gasteiger partial charge < -0.3 is 10.6 Å². The number of hydrogen-bond acceptors (Lipinski definition) is 2. The van der Waals surface area contributed by atoms with Crippen LogP contribution in [0.15, 0.2) is 24.3 Å². The summed E-state index contributed by atoms with van der Waals surface area (Å²) in [6.45, 7) is 4.20. The molecule has 0 aliphatic heterocycles. The lowest BCUT2D eigenvalue weighted by Gasteiger charge is -2.38. The van der Waals surface area contributed by atoms with Crippen molar-refractivity contribution >= 4 is 11.6 Å². The maximum atomic E-state index is 12.7. The lowest BCUT2D eigenvalue weighted by atomic mass is 9.76. The number of hydrogen-bond donors (Lipinski definition) is 1. The molecule has 1 aromatic rings. The molecule has 2 unspecified atom stereocenters. The Morgan fingerprint density at radius 1 is 1.42 bits per heavy atom. The number of aryl methyl sites for hydroxylation is 1. The molecule has 1 aliphatic carbocycles. The predicted octanol–water partition coefficient (Wildman–Crippen LogP) is 2.87. The maximum Gasteiger partial charge on any atom is 0.246 e. The molecule has 0 bridgehead atoms. The van der Waals surface area contributed by atoms with E-state index in [2.05, 4.69) is 6.92 Å². The number of para-hydroxylation sites is 1. The molecule has 3 heteroatoms. The Labute approximate surface area is 115 Å². The minimum absolute atomic E-state index is 0.0494. The highest BCUT2D eigenvalue weighted by atomic mass is 16.2. The summed E-state index contributed by atoms with van der Waals surface area (Å²) >= 11 is 0. The zero-order valence-corrected chi connectivity index (χ0v) is 12.1. The van der Waals surface area contributed by atoms with Gasteiger partial charge in [-0.05, 0) is 37.3 Å². The Bertz CT molecular complexity index is 472. The highest BCUT2D eigenvalue weighted by Crippen LogP contribution is 2.33. The molecule has 1 aliphatic rings. The van der Waals surface area contributed by atoms with E-state index in [0.29, 0.717) is 5.92 Å². The Kier molecular flexibility index (Phi) is 3.95. The van der Waals surface area contributed by atoms with E-state index in [1.165, 1.54) is 6.42 Å². The van der Waals surface area contributed by atoms with Gasteiger partial charge in [0.2, 0.25) is 5.91 Å². The minimum Gasteiger partial charge on any atom is -0.317 e. The molecule has 1 saturated carbocycles. The number of carbonyl (C=O) groups is 1. The van der Waals surface area contributed by atoms with Gasteiger partial charge in [0.1, 0.15) is 0 Å². The zero-order valence-electron chi connectivity index (χ0n) is 12.1. The fraction of sp³-hybridized carbons (Fsp3) is 0.562. The summed E-state index contributed by atoms with van der Waals surface area (Å²) in [4.78, 5) is 14.4. The van der Waals surface area contributed by atoms with Gasteiger partial charge in [-0.15, -0.1) is 0 Å². The second-order valence-electron chi connectivity index (χ2n) is 6.01. The van der Waals surface area contributed by atoms with E-state index in [-0.39, 0.29) is 5.91 Å². The molecular formula is C16H24N2O. The van der Waals surface area contributed by atoms with Crippen LogP contribution in [0.25, 0.3) is 0 Å². The third-order valence-corrected chi connectivity index (χ3v) is 4.24. The van der Waals surface area contributed by atoms with Crippen LogP contribution in [0, 0.1) is 12.8 Å². The zero-order chi connectivity index (χ0) is 14.0. The van der Waals surface area contributed by atoms with E-state index >= 15 is 0 Å². The minimum atomic E-state index is -0.686. The molecule has 104 valence electrons. The van der Waals surface area contributed by atoms with Gasteiger partial charge in [-0.25, -0.2) is 0 Å². The fourth-order valence-corrected chi connectivity index (χ4v) is 3.17. The first-order valence-corrected chi connectivity index (χ1v) is 7.07. The van der Waals surface area contributed by atoms with Gasteiger partial charge in [0.25, 0.3) is 0 Å². The maximum absolute atomic E-state index is 12.7. The summed E-state index contributed by atoms with van der Waals surface area (Å²) < 4.78 is 0. The first kappa shape index (κ1) is 14.1. The first-order valence-electron chi connectivity index (χ1n) is 7.07. The lowest BCUT2D eigenvalue weighted by molar-refractivity contribution is -0.125. The highest BCUT2D eigenvalue weighted by Gasteiger charge is 2.40. The van der Waals surface area contributed by atoms with Crippen molar-refractivity contribution in [2.45, 2.75) is 45.1 Å². The molecule has 0 heterocycles. The largest absolute Gasteiger partial charge is 0.317 e. The number of anilines is 1. The Balaban J connectivity index is 2.21. The molecule has 0 spiro atoms. The molecule has 1 amide bonds. The first-order chi connectivity index (χ1) is 8.94. The van der Waals surface area contributed by atoms with Crippen LogP contribution in [0.3, 0.4) is 0 Å². The van der Waals surface area contributed by atoms with Gasteiger partial charge in [0.15, 0.2) is 0 Å². The second kappa shape index (κ2) is 5.33. The number of carbonyl (C=O) groups excluding carboxylic acids is 1. The molecule has 3 nitrogen and oxygen atoms in total. The van der Waals surface area contributed by atoms with Crippen molar-refractivity contribution in [3.63, 3.8) is 0 Å². The number of nitrogens with zero attached hydrogens (tertiary/aromatic N) is 1. The van der Waals surface area contributed by atoms with Crippen molar-refractivity contribution < 1.29 is 4.79 Å². The van der Waals surface area contributed by atoms with Crippen LogP contribution in [0.2, 0.25) is 0 Å². The lowest BCUT2D eigenvalue weighted by Crippen LogP contribution is -2.56. The van der Waals surface area contributed by atoms with Crippen LogP contribution in [-0.2, 0) is 4.79 Å². The van der Waals surface area contributed by atoms with E-state index in [4.69, 9.17) is 5.73 Å². The smallest absolute Gasteiger partial charge is 0.246 e. The van der Waals surface area contributed by atoms with E-state index in [1.54, 1.807) is 4.90 Å². The van der Waals surface area contributed by atoms with E-state index in [0.717, 1.165) is 30.5 Å². The van der Waals surface area contributed by atoms with Crippen LogP contribution in [0.1, 0.15) is 38.2 Å². The molecule has 2 N–H and O–H groups in total. The standard InChI is InChI=1S/C16H24N2O/c1-12-7-6-10-16(17,11-12)15(19)18(3)14-9-5-4-8-13(14)2/h4-5,8-9,12H,6-7,10-11,17H2,1-3H3. The molecule has 0 radical (unpaired) electrons. The SMILES string of the molecule is Cc1ccccc1N(C)C(=O)C1(N)CCCC(C)C1. The number of rotatable bonds is 2. The second-order valence-corrected chi connectivity index (χ2v) is 6.01. The van der Waals surface area contributed by atoms with Crippen LogP contribution in [-0.4, -0.2) is 18.5 Å². The molecule has 0 saturated heterocycles. The summed E-state index contributed by atoms with van der Waals surface area (Å²) in [5.74, 6) is 0.585.